The van der Waals surface area contributed by atoms with Crippen molar-refractivity contribution in [3.8, 4) is 11.1 Å². The van der Waals surface area contributed by atoms with Crippen LogP contribution in [0.4, 0.5) is 0 Å². The molecule has 1 N–H and O–H groups in total. The van der Waals surface area contributed by atoms with E-state index in [1.165, 1.54) is 29.7 Å². The summed E-state index contributed by atoms with van der Waals surface area (Å²) in [5.41, 5.74) is 5.72. The summed E-state index contributed by atoms with van der Waals surface area (Å²) in [4.78, 5) is 0. The van der Waals surface area contributed by atoms with Crippen molar-refractivity contribution in [2.24, 2.45) is 7.05 Å². The Balaban J connectivity index is 1.88. The first-order valence-corrected chi connectivity index (χ1v) is 7.46. The molecule has 1 heterocycles. The zero-order valence-corrected chi connectivity index (χ0v) is 13.0. The van der Waals surface area contributed by atoms with Crippen molar-refractivity contribution in [2.75, 3.05) is 0 Å². The molecule has 1 fully saturated rings. The van der Waals surface area contributed by atoms with Crippen LogP contribution in [0, 0.1) is 13.8 Å². The molecule has 1 saturated carbocycles. The van der Waals surface area contributed by atoms with E-state index in [0.717, 1.165) is 22.8 Å². The number of halogens is 1. The minimum absolute atomic E-state index is 0.702. The molecule has 0 amide bonds. The van der Waals surface area contributed by atoms with E-state index < -0.39 is 0 Å². The summed E-state index contributed by atoms with van der Waals surface area (Å²) in [6, 6.07) is 7.03. The molecule has 4 heteroatoms. The summed E-state index contributed by atoms with van der Waals surface area (Å²) in [5, 5.41) is 8.80. The Morgan fingerprint density at radius 3 is 2.65 bits per heavy atom. The van der Waals surface area contributed by atoms with Crippen molar-refractivity contribution in [3.63, 3.8) is 0 Å². The summed E-state index contributed by atoms with van der Waals surface area (Å²) >= 11 is 6.43. The molecule has 3 rings (SSSR count). The van der Waals surface area contributed by atoms with Gasteiger partial charge in [0.15, 0.2) is 0 Å². The van der Waals surface area contributed by atoms with E-state index in [4.69, 9.17) is 11.6 Å². The minimum Gasteiger partial charge on any atom is -0.310 e. The number of aryl methyl sites for hydroxylation is 2. The summed E-state index contributed by atoms with van der Waals surface area (Å²) in [7, 11) is 1.97. The molecule has 0 spiro atoms. The molecule has 1 aromatic carbocycles. The van der Waals surface area contributed by atoms with Gasteiger partial charge in [0.25, 0.3) is 0 Å². The Labute approximate surface area is 124 Å². The zero-order chi connectivity index (χ0) is 14.3. The van der Waals surface area contributed by atoms with E-state index in [0.29, 0.717) is 6.04 Å². The normalized spacial score (nSPS) is 14.8. The third kappa shape index (κ3) is 2.60. The van der Waals surface area contributed by atoms with Gasteiger partial charge in [0.1, 0.15) is 0 Å². The molecule has 0 bridgehead atoms. The Morgan fingerprint density at radius 1 is 1.35 bits per heavy atom. The quantitative estimate of drug-likeness (QED) is 0.932. The predicted octanol–water partition coefficient (Wildman–Crippen LogP) is 3.61. The minimum atomic E-state index is 0.702. The second-order valence-electron chi connectivity index (χ2n) is 5.63. The van der Waals surface area contributed by atoms with Gasteiger partial charge in [-0.05, 0) is 43.9 Å². The topological polar surface area (TPSA) is 29.9 Å². The first-order valence-electron chi connectivity index (χ1n) is 7.08. The van der Waals surface area contributed by atoms with Gasteiger partial charge in [-0.3, -0.25) is 4.68 Å². The van der Waals surface area contributed by atoms with E-state index in [2.05, 4.69) is 35.5 Å². The largest absolute Gasteiger partial charge is 0.310 e. The van der Waals surface area contributed by atoms with Crippen LogP contribution in [0.3, 0.4) is 0 Å². The molecule has 20 heavy (non-hydrogen) atoms. The van der Waals surface area contributed by atoms with Crippen LogP contribution in [0.15, 0.2) is 18.2 Å². The molecule has 3 nitrogen and oxygen atoms in total. The third-order valence-corrected chi connectivity index (χ3v) is 4.36. The van der Waals surface area contributed by atoms with Crippen molar-refractivity contribution in [2.45, 2.75) is 39.3 Å². The zero-order valence-electron chi connectivity index (χ0n) is 12.2. The fraction of sp³-hybridized carbons (Fsp3) is 0.438. The molecule has 0 saturated heterocycles. The van der Waals surface area contributed by atoms with Gasteiger partial charge in [-0.1, -0.05) is 23.7 Å². The summed E-state index contributed by atoms with van der Waals surface area (Å²) < 4.78 is 1.92. The van der Waals surface area contributed by atoms with Crippen LogP contribution in [0.25, 0.3) is 11.1 Å². The summed E-state index contributed by atoms with van der Waals surface area (Å²) in [5.74, 6) is 0. The number of hydrogen-bond acceptors (Lipinski definition) is 2. The number of nitrogens with zero attached hydrogens (tertiary/aromatic N) is 2. The van der Waals surface area contributed by atoms with Crippen molar-refractivity contribution in [3.05, 3.63) is 40.2 Å². The first-order chi connectivity index (χ1) is 9.56. The lowest BCUT2D eigenvalue weighted by atomic mass is 10.0. The van der Waals surface area contributed by atoms with E-state index in [1.807, 2.05) is 18.7 Å². The van der Waals surface area contributed by atoms with Crippen LogP contribution < -0.4 is 5.32 Å². The highest BCUT2D eigenvalue weighted by Gasteiger charge is 2.20. The Kier molecular flexibility index (Phi) is 3.57. The Hall–Kier alpha value is -1.32. The second-order valence-corrected chi connectivity index (χ2v) is 6.04. The van der Waals surface area contributed by atoms with Gasteiger partial charge < -0.3 is 5.32 Å². The SMILES string of the molecule is Cc1nn(C)c(C)c1-c1ccc(CNC2CC2)c(Cl)c1. The van der Waals surface area contributed by atoms with Gasteiger partial charge in [0.2, 0.25) is 0 Å². The number of nitrogens with one attached hydrogen (secondary N) is 1. The van der Waals surface area contributed by atoms with Crippen LogP contribution in [0.5, 0.6) is 0 Å². The number of benzene rings is 1. The molecule has 2 aromatic rings. The average molecular weight is 290 g/mol. The van der Waals surface area contributed by atoms with Crippen molar-refractivity contribution < 1.29 is 0 Å². The monoisotopic (exact) mass is 289 g/mol. The van der Waals surface area contributed by atoms with E-state index >= 15 is 0 Å². The molecule has 0 unspecified atom stereocenters. The summed E-state index contributed by atoms with van der Waals surface area (Å²) in [6.45, 7) is 4.99. The highest BCUT2D eigenvalue weighted by molar-refractivity contribution is 6.31. The molecule has 0 radical (unpaired) electrons. The molecule has 106 valence electrons. The lowest BCUT2D eigenvalue weighted by Crippen LogP contribution is -2.15. The van der Waals surface area contributed by atoms with E-state index in [-0.39, 0.29) is 0 Å². The van der Waals surface area contributed by atoms with Gasteiger partial charge in [-0.2, -0.15) is 5.10 Å². The smallest absolute Gasteiger partial charge is 0.0674 e. The van der Waals surface area contributed by atoms with Crippen molar-refractivity contribution in [1.82, 2.24) is 15.1 Å². The lowest BCUT2D eigenvalue weighted by molar-refractivity contribution is 0.688. The van der Waals surface area contributed by atoms with Gasteiger partial charge in [0.05, 0.1) is 5.69 Å². The van der Waals surface area contributed by atoms with Crippen molar-refractivity contribution in [1.29, 1.82) is 0 Å². The maximum atomic E-state index is 6.43. The van der Waals surface area contributed by atoms with E-state index in [9.17, 15) is 0 Å². The van der Waals surface area contributed by atoms with Crippen LogP contribution in [-0.2, 0) is 13.6 Å². The van der Waals surface area contributed by atoms with Crippen LogP contribution in [0.2, 0.25) is 5.02 Å². The van der Waals surface area contributed by atoms with Gasteiger partial charge in [0, 0.05) is 35.9 Å². The van der Waals surface area contributed by atoms with Gasteiger partial charge >= 0.3 is 0 Å². The maximum absolute atomic E-state index is 6.43. The number of rotatable bonds is 4. The highest BCUT2D eigenvalue weighted by Crippen LogP contribution is 2.30. The Bertz CT molecular complexity index is 641. The highest BCUT2D eigenvalue weighted by atomic mass is 35.5. The third-order valence-electron chi connectivity index (χ3n) is 4.01. The molecular weight excluding hydrogens is 270 g/mol. The lowest BCUT2D eigenvalue weighted by Gasteiger charge is -2.09. The first kappa shape index (κ1) is 13.7. The van der Waals surface area contributed by atoms with Crippen molar-refractivity contribution >= 4 is 11.6 Å². The van der Waals surface area contributed by atoms with E-state index in [1.54, 1.807) is 0 Å². The van der Waals surface area contributed by atoms with Crippen LogP contribution >= 0.6 is 11.6 Å². The van der Waals surface area contributed by atoms with Crippen LogP contribution in [0.1, 0.15) is 29.8 Å². The fourth-order valence-electron chi connectivity index (χ4n) is 2.58. The molecular formula is C16H20ClN3. The Morgan fingerprint density at radius 2 is 2.10 bits per heavy atom. The number of hydrogen-bond donors (Lipinski definition) is 1. The molecule has 1 aliphatic carbocycles. The van der Waals surface area contributed by atoms with Gasteiger partial charge in [-0.25, -0.2) is 0 Å². The average Bonchev–Trinajstić information content (AvgIpc) is 3.17. The predicted molar refractivity (Wildman–Crippen MR) is 83.0 cm³/mol. The molecule has 1 aliphatic rings. The molecule has 0 aliphatic heterocycles. The number of aromatic nitrogens is 2. The maximum Gasteiger partial charge on any atom is 0.0674 e. The van der Waals surface area contributed by atoms with Gasteiger partial charge in [-0.15, -0.1) is 0 Å². The fourth-order valence-corrected chi connectivity index (χ4v) is 2.83. The standard InChI is InChI=1S/C16H20ClN3/c1-10-16(11(2)20(3)19-10)12-4-5-13(15(17)8-12)9-18-14-6-7-14/h4-5,8,14,18H,6-7,9H2,1-3H3. The second kappa shape index (κ2) is 5.23. The molecule has 0 atom stereocenters. The molecule has 1 aromatic heterocycles. The summed E-state index contributed by atoms with van der Waals surface area (Å²) in [6.07, 6.45) is 2.59. The van der Waals surface area contributed by atoms with Crippen LogP contribution in [-0.4, -0.2) is 15.8 Å².